The summed E-state index contributed by atoms with van der Waals surface area (Å²) < 4.78 is 18.1. The van der Waals surface area contributed by atoms with Crippen LogP contribution in [0.4, 0.5) is 4.39 Å². The molecular formula is C16H22FN3O3. The van der Waals surface area contributed by atoms with E-state index in [1.807, 2.05) is 7.05 Å². The van der Waals surface area contributed by atoms with E-state index in [0.29, 0.717) is 44.9 Å². The molecule has 23 heavy (non-hydrogen) atoms. The number of halogens is 1. The van der Waals surface area contributed by atoms with Crippen molar-refractivity contribution in [3.63, 3.8) is 0 Å². The van der Waals surface area contributed by atoms with Crippen LogP contribution in [0.15, 0.2) is 24.3 Å². The highest BCUT2D eigenvalue weighted by molar-refractivity contribution is 5.79. The second kappa shape index (κ2) is 8.47. The highest BCUT2D eigenvalue weighted by Gasteiger charge is 2.23. The van der Waals surface area contributed by atoms with Gasteiger partial charge in [-0.25, -0.2) is 4.39 Å². The van der Waals surface area contributed by atoms with Crippen molar-refractivity contribution >= 4 is 11.8 Å². The summed E-state index contributed by atoms with van der Waals surface area (Å²) in [6, 6.07) is 5.55. The van der Waals surface area contributed by atoms with Crippen molar-refractivity contribution in [3.05, 3.63) is 30.1 Å². The number of ether oxygens (including phenoxy) is 1. The summed E-state index contributed by atoms with van der Waals surface area (Å²) in [5.41, 5.74) is 0. The Labute approximate surface area is 135 Å². The van der Waals surface area contributed by atoms with Crippen molar-refractivity contribution in [1.82, 2.24) is 15.1 Å². The lowest BCUT2D eigenvalue weighted by molar-refractivity contribution is -0.140. The molecule has 0 aromatic heterocycles. The molecule has 1 aliphatic rings. The summed E-state index contributed by atoms with van der Waals surface area (Å²) >= 11 is 0. The zero-order chi connectivity index (χ0) is 16.7. The fourth-order valence-corrected chi connectivity index (χ4v) is 2.36. The van der Waals surface area contributed by atoms with Crippen molar-refractivity contribution in [1.29, 1.82) is 0 Å². The minimum atomic E-state index is -0.345. The monoisotopic (exact) mass is 323 g/mol. The Morgan fingerprint density at radius 2 is 1.65 bits per heavy atom. The van der Waals surface area contributed by atoms with E-state index >= 15 is 0 Å². The van der Waals surface area contributed by atoms with E-state index in [1.165, 1.54) is 24.3 Å². The first kappa shape index (κ1) is 17.2. The molecule has 6 nitrogen and oxygen atoms in total. The number of carbonyl (C=O) groups is 2. The van der Waals surface area contributed by atoms with Crippen LogP contribution in [0.25, 0.3) is 0 Å². The molecule has 7 heteroatoms. The van der Waals surface area contributed by atoms with Crippen LogP contribution in [0, 0.1) is 5.82 Å². The highest BCUT2D eigenvalue weighted by atomic mass is 19.1. The number of hydrogen-bond acceptors (Lipinski definition) is 4. The van der Waals surface area contributed by atoms with E-state index in [-0.39, 0.29) is 24.2 Å². The molecule has 1 fully saturated rings. The van der Waals surface area contributed by atoms with Crippen LogP contribution in [-0.4, -0.2) is 68.0 Å². The molecule has 0 unspecified atom stereocenters. The Morgan fingerprint density at radius 1 is 1.09 bits per heavy atom. The minimum Gasteiger partial charge on any atom is -0.484 e. The van der Waals surface area contributed by atoms with Gasteiger partial charge in [0.15, 0.2) is 6.61 Å². The largest absolute Gasteiger partial charge is 0.484 e. The molecule has 1 aromatic rings. The molecule has 0 spiro atoms. The quantitative estimate of drug-likeness (QED) is 0.827. The van der Waals surface area contributed by atoms with Crippen molar-refractivity contribution < 1.29 is 18.7 Å². The van der Waals surface area contributed by atoms with Crippen LogP contribution < -0.4 is 10.1 Å². The van der Waals surface area contributed by atoms with E-state index in [2.05, 4.69) is 5.32 Å². The van der Waals surface area contributed by atoms with Gasteiger partial charge in [0.05, 0.1) is 0 Å². The summed E-state index contributed by atoms with van der Waals surface area (Å²) in [5, 5.41) is 2.95. The van der Waals surface area contributed by atoms with Crippen LogP contribution >= 0.6 is 0 Å². The SMILES string of the molecule is CNCCC(=O)N1CCN(C(=O)COc2ccc(F)cc2)CC1. The first-order valence-corrected chi connectivity index (χ1v) is 7.68. The summed E-state index contributed by atoms with van der Waals surface area (Å²) in [5.74, 6) is 0.0917. The summed E-state index contributed by atoms with van der Waals surface area (Å²) in [4.78, 5) is 27.5. The normalized spacial score (nSPS) is 14.7. The first-order chi connectivity index (χ1) is 11.1. The molecule has 0 saturated carbocycles. The Morgan fingerprint density at radius 3 is 2.22 bits per heavy atom. The van der Waals surface area contributed by atoms with Gasteiger partial charge >= 0.3 is 0 Å². The topological polar surface area (TPSA) is 61.9 Å². The van der Waals surface area contributed by atoms with Crippen LogP contribution in [-0.2, 0) is 9.59 Å². The summed E-state index contributed by atoms with van der Waals surface area (Å²) in [7, 11) is 1.81. The van der Waals surface area contributed by atoms with E-state index in [4.69, 9.17) is 4.74 Å². The second-order valence-electron chi connectivity index (χ2n) is 5.36. The molecular weight excluding hydrogens is 301 g/mol. The molecule has 0 radical (unpaired) electrons. The summed E-state index contributed by atoms with van der Waals surface area (Å²) in [6.45, 7) is 2.69. The van der Waals surface area contributed by atoms with Crippen LogP contribution in [0.5, 0.6) is 5.75 Å². The van der Waals surface area contributed by atoms with E-state index in [1.54, 1.807) is 9.80 Å². The average molecular weight is 323 g/mol. The molecule has 2 rings (SSSR count). The van der Waals surface area contributed by atoms with Gasteiger partial charge in [0.25, 0.3) is 5.91 Å². The molecule has 1 saturated heterocycles. The third kappa shape index (κ3) is 5.21. The van der Waals surface area contributed by atoms with Gasteiger partial charge in [0.2, 0.25) is 5.91 Å². The van der Waals surface area contributed by atoms with E-state index < -0.39 is 0 Å². The van der Waals surface area contributed by atoms with Gasteiger partial charge in [0.1, 0.15) is 11.6 Å². The molecule has 1 aromatic carbocycles. The van der Waals surface area contributed by atoms with E-state index in [0.717, 1.165) is 0 Å². The lowest BCUT2D eigenvalue weighted by Crippen LogP contribution is -2.51. The first-order valence-electron chi connectivity index (χ1n) is 7.68. The maximum atomic E-state index is 12.8. The maximum Gasteiger partial charge on any atom is 0.260 e. The Kier molecular flexibility index (Phi) is 6.34. The number of nitrogens with zero attached hydrogens (tertiary/aromatic N) is 2. The smallest absolute Gasteiger partial charge is 0.260 e. The third-order valence-electron chi connectivity index (χ3n) is 3.75. The number of carbonyl (C=O) groups excluding carboxylic acids is 2. The molecule has 1 heterocycles. The Bertz CT molecular complexity index is 528. The third-order valence-corrected chi connectivity index (χ3v) is 3.75. The summed E-state index contributed by atoms with van der Waals surface area (Å²) in [6.07, 6.45) is 0.470. The number of amides is 2. The van der Waals surface area contributed by atoms with Gasteiger partial charge in [-0.1, -0.05) is 0 Å². The number of benzene rings is 1. The minimum absolute atomic E-state index is 0.0840. The average Bonchev–Trinajstić information content (AvgIpc) is 2.59. The Balaban J connectivity index is 1.73. The number of nitrogens with one attached hydrogen (secondary N) is 1. The number of rotatable bonds is 6. The van der Waals surface area contributed by atoms with Crippen molar-refractivity contribution in [3.8, 4) is 5.75 Å². The molecule has 126 valence electrons. The van der Waals surface area contributed by atoms with Crippen molar-refractivity contribution in [2.45, 2.75) is 6.42 Å². The predicted molar refractivity (Wildman–Crippen MR) is 83.6 cm³/mol. The van der Waals surface area contributed by atoms with Gasteiger partial charge < -0.3 is 19.9 Å². The Hall–Kier alpha value is -2.15. The molecule has 2 amide bonds. The fourth-order valence-electron chi connectivity index (χ4n) is 2.36. The van der Waals surface area contributed by atoms with E-state index in [9.17, 15) is 14.0 Å². The highest BCUT2D eigenvalue weighted by Crippen LogP contribution is 2.11. The molecule has 0 aliphatic carbocycles. The lowest BCUT2D eigenvalue weighted by atomic mass is 10.2. The lowest BCUT2D eigenvalue weighted by Gasteiger charge is -2.34. The van der Waals surface area contributed by atoms with Crippen LogP contribution in [0.1, 0.15) is 6.42 Å². The van der Waals surface area contributed by atoms with Gasteiger partial charge in [-0.05, 0) is 31.3 Å². The predicted octanol–water partition coefficient (Wildman–Crippen LogP) is 0.485. The van der Waals surface area contributed by atoms with Gasteiger partial charge in [-0.15, -0.1) is 0 Å². The molecule has 0 atom stereocenters. The number of hydrogen-bond donors (Lipinski definition) is 1. The maximum absolute atomic E-state index is 12.8. The van der Waals surface area contributed by atoms with Gasteiger partial charge in [-0.3, -0.25) is 9.59 Å². The molecule has 0 bridgehead atoms. The standard InChI is InChI=1S/C16H22FN3O3/c1-18-7-6-15(21)19-8-10-20(11-9-19)16(22)12-23-14-4-2-13(17)3-5-14/h2-5,18H,6-12H2,1H3. The molecule has 1 N–H and O–H groups in total. The zero-order valence-corrected chi connectivity index (χ0v) is 13.3. The second-order valence-corrected chi connectivity index (χ2v) is 5.36. The fraction of sp³-hybridized carbons (Fsp3) is 0.500. The van der Waals surface area contributed by atoms with Crippen LogP contribution in [0.3, 0.4) is 0 Å². The van der Waals surface area contributed by atoms with Gasteiger partial charge in [0, 0.05) is 39.1 Å². The zero-order valence-electron chi connectivity index (χ0n) is 13.3. The molecule has 1 aliphatic heterocycles. The van der Waals surface area contributed by atoms with Crippen molar-refractivity contribution in [2.75, 3.05) is 46.4 Å². The number of piperazine rings is 1. The van der Waals surface area contributed by atoms with Crippen molar-refractivity contribution in [2.24, 2.45) is 0 Å². The van der Waals surface area contributed by atoms with Crippen LogP contribution in [0.2, 0.25) is 0 Å². The van der Waals surface area contributed by atoms with Gasteiger partial charge in [-0.2, -0.15) is 0 Å².